The molecule has 0 spiro atoms. The minimum Gasteiger partial charge on any atom is -0.330 e. The lowest BCUT2D eigenvalue weighted by atomic mass is 10.1. The summed E-state index contributed by atoms with van der Waals surface area (Å²) < 4.78 is -0.224. The van der Waals surface area contributed by atoms with Crippen molar-refractivity contribution in [3.8, 4) is 0 Å². The zero-order valence-corrected chi connectivity index (χ0v) is 13.3. The van der Waals surface area contributed by atoms with E-state index in [2.05, 4.69) is 22.0 Å². The minimum absolute atomic E-state index is 0.224. The average Bonchev–Trinajstić information content (AvgIpc) is 2.57. The van der Waals surface area contributed by atoms with Crippen LogP contribution < -0.4 is 5.32 Å². The van der Waals surface area contributed by atoms with Crippen LogP contribution >= 0.6 is 11.8 Å². The Bertz CT molecular complexity index is 316. The molecule has 0 bridgehead atoms. The molecular formula is C14H27N3OS. The summed E-state index contributed by atoms with van der Waals surface area (Å²) in [5, 5.41) is 3.71. The predicted molar refractivity (Wildman–Crippen MR) is 81.4 cm³/mol. The molecular weight excluding hydrogens is 258 g/mol. The third-order valence-corrected chi connectivity index (χ3v) is 5.37. The summed E-state index contributed by atoms with van der Waals surface area (Å²) in [7, 11) is 0. The maximum Gasteiger partial charge on any atom is 0.239 e. The third kappa shape index (κ3) is 3.86. The normalized spacial score (nSPS) is 28.1. The molecule has 2 rings (SSSR count). The zero-order valence-electron chi connectivity index (χ0n) is 12.4. The first kappa shape index (κ1) is 15.1. The molecule has 110 valence electrons. The number of nitrogens with zero attached hydrogens (tertiary/aromatic N) is 2. The van der Waals surface area contributed by atoms with Crippen LogP contribution in [-0.4, -0.2) is 65.1 Å². The number of rotatable bonds is 5. The topological polar surface area (TPSA) is 35.6 Å². The lowest BCUT2D eigenvalue weighted by molar-refractivity contribution is -0.131. The van der Waals surface area contributed by atoms with Crippen molar-refractivity contribution < 1.29 is 4.79 Å². The fourth-order valence-electron chi connectivity index (χ4n) is 2.89. The number of piperazine rings is 1. The van der Waals surface area contributed by atoms with Gasteiger partial charge in [0, 0.05) is 32.7 Å². The summed E-state index contributed by atoms with van der Waals surface area (Å²) in [6.07, 6.45) is 2.32. The van der Waals surface area contributed by atoms with Gasteiger partial charge in [0.15, 0.2) is 0 Å². The van der Waals surface area contributed by atoms with Crippen LogP contribution in [0.1, 0.15) is 33.6 Å². The average molecular weight is 285 g/mol. The summed E-state index contributed by atoms with van der Waals surface area (Å²) in [6.45, 7) is 12.9. The lowest BCUT2D eigenvalue weighted by Gasteiger charge is -2.27. The molecule has 2 saturated heterocycles. The van der Waals surface area contributed by atoms with Crippen molar-refractivity contribution >= 4 is 17.7 Å². The van der Waals surface area contributed by atoms with Crippen LogP contribution in [0.3, 0.4) is 0 Å². The number of unbranched alkanes of at least 4 members (excludes halogenated alkanes) is 1. The van der Waals surface area contributed by atoms with E-state index in [1.807, 2.05) is 13.8 Å². The van der Waals surface area contributed by atoms with Gasteiger partial charge >= 0.3 is 0 Å². The highest BCUT2D eigenvalue weighted by atomic mass is 32.2. The molecule has 1 N–H and O–H groups in total. The van der Waals surface area contributed by atoms with Crippen molar-refractivity contribution in [1.29, 1.82) is 0 Å². The van der Waals surface area contributed by atoms with Crippen molar-refractivity contribution in [3.63, 3.8) is 0 Å². The van der Waals surface area contributed by atoms with Gasteiger partial charge in [-0.2, -0.15) is 0 Å². The standard InChI is InChI=1S/C14H27N3OS/c1-12-17(13(18)14(2,3)19-12)9-5-4-8-16-10-6-15-7-11-16/h12,15H,4-11H2,1-3H3. The Morgan fingerprint density at radius 1 is 1.26 bits per heavy atom. The van der Waals surface area contributed by atoms with Crippen molar-refractivity contribution in [2.24, 2.45) is 0 Å². The number of thioether (sulfide) groups is 1. The van der Waals surface area contributed by atoms with Crippen molar-refractivity contribution in [3.05, 3.63) is 0 Å². The van der Waals surface area contributed by atoms with Gasteiger partial charge in [0.2, 0.25) is 5.91 Å². The van der Waals surface area contributed by atoms with Gasteiger partial charge in [0.1, 0.15) is 0 Å². The molecule has 1 atom stereocenters. The van der Waals surface area contributed by atoms with Crippen LogP contribution in [0, 0.1) is 0 Å². The first-order valence-corrected chi connectivity index (χ1v) is 8.30. The highest BCUT2D eigenvalue weighted by molar-refractivity contribution is 8.02. The fourth-order valence-corrected chi connectivity index (χ4v) is 4.29. The summed E-state index contributed by atoms with van der Waals surface area (Å²) in [6, 6.07) is 0. The molecule has 2 aliphatic rings. The molecule has 1 amide bonds. The van der Waals surface area contributed by atoms with Gasteiger partial charge in [-0.15, -0.1) is 11.8 Å². The molecule has 0 aromatic heterocycles. The second-order valence-electron chi connectivity index (χ2n) is 6.02. The van der Waals surface area contributed by atoms with Crippen LogP contribution in [-0.2, 0) is 4.79 Å². The van der Waals surface area contributed by atoms with E-state index in [-0.39, 0.29) is 4.75 Å². The Hall–Kier alpha value is -0.260. The minimum atomic E-state index is -0.224. The Morgan fingerprint density at radius 2 is 1.89 bits per heavy atom. The molecule has 4 nitrogen and oxygen atoms in total. The summed E-state index contributed by atoms with van der Waals surface area (Å²) >= 11 is 1.78. The van der Waals surface area contributed by atoms with E-state index in [1.165, 1.54) is 26.1 Å². The van der Waals surface area contributed by atoms with Gasteiger partial charge in [-0.25, -0.2) is 0 Å². The van der Waals surface area contributed by atoms with E-state index in [9.17, 15) is 4.79 Å². The fraction of sp³-hybridized carbons (Fsp3) is 0.929. The third-order valence-electron chi connectivity index (χ3n) is 4.01. The van der Waals surface area contributed by atoms with E-state index in [0.29, 0.717) is 11.3 Å². The van der Waals surface area contributed by atoms with E-state index in [4.69, 9.17) is 0 Å². The Kier molecular flexibility index (Phi) is 5.15. The van der Waals surface area contributed by atoms with Crippen LogP contribution in [0.5, 0.6) is 0 Å². The quantitative estimate of drug-likeness (QED) is 0.774. The summed E-state index contributed by atoms with van der Waals surface area (Å²) in [5.74, 6) is 0.312. The second-order valence-corrected chi connectivity index (χ2v) is 7.96. The Balaban J connectivity index is 1.66. The number of carbonyl (C=O) groups is 1. The Morgan fingerprint density at radius 3 is 2.47 bits per heavy atom. The molecule has 0 aromatic carbocycles. The van der Waals surface area contributed by atoms with Crippen LogP contribution in [0.15, 0.2) is 0 Å². The molecule has 2 fully saturated rings. The van der Waals surface area contributed by atoms with E-state index >= 15 is 0 Å². The molecule has 0 saturated carbocycles. The van der Waals surface area contributed by atoms with E-state index in [1.54, 1.807) is 11.8 Å². The van der Waals surface area contributed by atoms with Gasteiger partial charge in [-0.1, -0.05) is 0 Å². The first-order chi connectivity index (χ1) is 9.00. The monoisotopic (exact) mass is 285 g/mol. The second kappa shape index (κ2) is 6.46. The predicted octanol–water partition coefficient (Wildman–Crippen LogP) is 1.37. The van der Waals surface area contributed by atoms with Crippen molar-refractivity contribution in [2.75, 3.05) is 39.3 Å². The highest BCUT2D eigenvalue weighted by Crippen LogP contribution is 2.39. The van der Waals surface area contributed by atoms with E-state index in [0.717, 1.165) is 26.1 Å². The SMILES string of the molecule is CC1SC(C)(C)C(=O)N1CCCCN1CCNCC1. The van der Waals surface area contributed by atoms with Gasteiger partial charge in [-0.3, -0.25) is 4.79 Å². The number of hydrogen-bond acceptors (Lipinski definition) is 4. The zero-order chi connectivity index (χ0) is 13.9. The molecule has 5 heteroatoms. The molecule has 0 aliphatic carbocycles. The van der Waals surface area contributed by atoms with Gasteiger partial charge < -0.3 is 15.1 Å². The summed E-state index contributed by atoms with van der Waals surface area (Å²) in [5.41, 5.74) is 0. The molecule has 0 radical (unpaired) electrons. The smallest absolute Gasteiger partial charge is 0.239 e. The maximum absolute atomic E-state index is 12.2. The van der Waals surface area contributed by atoms with Gasteiger partial charge in [-0.05, 0) is 40.2 Å². The maximum atomic E-state index is 12.2. The molecule has 0 aromatic rings. The van der Waals surface area contributed by atoms with Gasteiger partial charge in [0.05, 0.1) is 10.1 Å². The molecule has 19 heavy (non-hydrogen) atoms. The van der Waals surface area contributed by atoms with Crippen LogP contribution in [0.25, 0.3) is 0 Å². The number of nitrogens with one attached hydrogen (secondary N) is 1. The van der Waals surface area contributed by atoms with Gasteiger partial charge in [0.25, 0.3) is 0 Å². The Labute approximate surface area is 121 Å². The number of hydrogen-bond donors (Lipinski definition) is 1. The first-order valence-electron chi connectivity index (χ1n) is 7.43. The summed E-state index contributed by atoms with van der Waals surface area (Å²) in [4.78, 5) is 16.8. The highest BCUT2D eigenvalue weighted by Gasteiger charge is 2.43. The lowest BCUT2D eigenvalue weighted by Crippen LogP contribution is -2.44. The van der Waals surface area contributed by atoms with Crippen molar-refractivity contribution in [2.45, 2.75) is 43.7 Å². The van der Waals surface area contributed by atoms with Crippen LogP contribution in [0.2, 0.25) is 0 Å². The molecule has 2 aliphatic heterocycles. The van der Waals surface area contributed by atoms with Crippen LogP contribution in [0.4, 0.5) is 0 Å². The van der Waals surface area contributed by atoms with E-state index < -0.39 is 0 Å². The molecule has 2 heterocycles. The number of amides is 1. The largest absolute Gasteiger partial charge is 0.330 e. The molecule has 1 unspecified atom stereocenters. The van der Waals surface area contributed by atoms with Crippen molar-refractivity contribution in [1.82, 2.24) is 15.1 Å². The number of carbonyl (C=O) groups excluding carboxylic acids is 1.